The number of anilines is 1. The van der Waals surface area contributed by atoms with Gasteiger partial charge in [0.15, 0.2) is 0 Å². The zero-order chi connectivity index (χ0) is 15.4. The van der Waals surface area contributed by atoms with E-state index >= 15 is 0 Å². The fourth-order valence-corrected chi connectivity index (χ4v) is 2.72. The van der Waals surface area contributed by atoms with Crippen LogP contribution in [0.2, 0.25) is 0 Å². The highest BCUT2D eigenvalue weighted by Gasteiger charge is 2.29. The molecule has 0 aliphatic carbocycles. The Hall–Kier alpha value is -1.62. The van der Waals surface area contributed by atoms with Crippen molar-refractivity contribution in [3.05, 3.63) is 23.4 Å². The summed E-state index contributed by atoms with van der Waals surface area (Å²) < 4.78 is 0. The van der Waals surface area contributed by atoms with Crippen LogP contribution in [-0.4, -0.2) is 36.1 Å². The zero-order valence-corrected chi connectivity index (χ0v) is 13.4. The monoisotopic (exact) mass is 290 g/mol. The summed E-state index contributed by atoms with van der Waals surface area (Å²) in [6, 6.07) is 2.52. The molecule has 1 amide bonds. The van der Waals surface area contributed by atoms with Gasteiger partial charge in [-0.15, -0.1) is 0 Å². The zero-order valence-electron chi connectivity index (χ0n) is 13.4. The molecule has 0 saturated carbocycles. The number of aromatic nitrogens is 1. The number of hydrogen-bond donors (Lipinski definition) is 2. The molecule has 1 unspecified atom stereocenters. The van der Waals surface area contributed by atoms with E-state index in [1.807, 2.05) is 13.1 Å². The van der Waals surface area contributed by atoms with Gasteiger partial charge in [-0.3, -0.25) is 4.79 Å². The predicted octanol–water partition coefficient (Wildman–Crippen LogP) is 1.60. The molecule has 1 aliphatic heterocycles. The maximum atomic E-state index is 12.0. The number of aryl methyl sites for hydroxylation is 1. The van der Waals surface area contributed by atoms with Crippen molar-refractivity contribution in [3.63, 3.8) is 0 Å². The molecule has 1 aromatic heterocycles. The molecule has 0 bridgehead atoms. The fourth-order valence-electron chi connectivity index (χ4n) is 2.72. The summed E-state index contributed by atoms with van der Waals surface area (Å²) in [6.45, 7) is 10.7. The third-order valence-corrected chi connectivity index (χ3v) is 3.81. The molecule has 0 spiro atoms. The molecule has 2 heterocycles. The maximum absolute atomic E-state index is 12.0. The van der Waals surface area contributed by atoms with Crippen molar-refractivity contribution >= 4 is 11.7 Å². The second-order valence-corrected chi connectivity index (χ2v) is 5.93. The van der Waals surface area contributed by atoms with Crippen LogP contribution in [0.1, 0.15) is 38.3 Å². The SMILES string of the molecule is CCC1C(=O)NCCN1c1ncc(CNC(C)C)cc1C. The molecule has 1 aliphatic rings. The Balaban J connectivity index is 2.17. The lowest BCUT2D eigenvalue weighted by Gasteiger charge is -2.36. The first kappa shape index (κ1) is 15.8. The Labute approximate surface area is 127 Å². The van der Waals surface area contributed by atoms with Gasteiger partial charge in [-0.05, 0) is 30.5 Å². The second-order valence-electron chi connectivity index (χ2n) is 5.93. The molecular formula is C16H26N4O. The van der Waals surface area contributed by atoms with Gasteiger partial charge in [-0.2, -0.15) is 0 Å². The first-order valence-corrected chi connectivity index (χ1v) is 7.76. The summed E-state index contributed by atoms with van der Waals surface area (Å²) >= 11 is 0. The highest BCUT2D eigenvalue weighted by atomic mass is 16.2. The van der Waals surface area contributed by atoms with Gasteiger partial charge in [0.25, 0.3) is 0 Å². The van der Waals surface area contributed by atoms with Gasteiger partial charge in [0.05, 0.1) is 0 Å². The summed E-state index contributed by atoms with van der Waals surface area (Å²) in [5.41, 5.74) is 2.31. The van der Waals surface area contributed by atoms with Gasteiger partial charge < -0.3 is 15.5 Å². The number of nitrogens with one attached hydrogen (secondary N) is 2. The Kier molecular flexibility index (Phi) is 5.17. The molecule has 2 N–H and O–H groups in total. The summed E-state index contributed by atoms with van der Waals surface area (Å²) in [5, 5.41) is 6.33. The summed E-state index contributed by atoms with van der Waals surface area (Å²) in [7, 11) is 0. The minimum Gasteiger partial charge on any atom is -0.353 e. The minimum absolute atomic E-state index is 0.107. The number of piperazine rings is 1. The molecule has 5 heteroatoms. The van der Waals surface area contributed by atoms with Crippen molar-refractivity contribution in [1.82, 2.24) is 15.6 Å². The number of hydrogen-bond acceptors (Lipinski definition) is 4. The fraction of sp³-hybridized carbons (Fsp3) is 0.625. The summed E-state index contributed by atoms with van der Waals surface area (Å²) in [6.07, 6.45) is 2.71. The van der Waals surface area contributed by atoms with Crippen molar-refractivity contribution in [2.75, 3.05) is 18.0 Å². The van der Waals surface area contributed by atoms with Gasteiger partial charge in [0.1, 0.15) is 11.9 Å². The van der Waals surface area contributed by atoms with Crippen LogP contribution < -0.4 is 15.5 Å². The normalized spacial score (nSPS) is 19.0. The Morgan fingerprint density at radius 1 is 1.52 bits per heavy atom. The molecule has 1 saturated heterocycles. The van der Waals surface area contributed by atoms with Crippen LogP contribution in [0.25, 0.3) is 0 Å². The Morgan fingerprint density at radius 3 is 2.90 bits per heavy atom. The van der Waals surface area contributed by atoms with Crippen molar-refractivity contribution in [2.45, 2.75) is 52.7 Å². The van der Waals surface area contributed by atoms with Gasteiger partial charge in [0, 0.05) is 31.9 Å². The van der Waals surface area contributed by atoms with Crippen molar-refractivity contribution in [1.29, 1.82) is 0 Å². The summed E-state index contributed by atoms with van der Waals surface area (Å²) in [5.74, 6) is 1.04. The van der Waals surface area contributed by atoms with Crippen molar-refractivity contribution < 1.29 is 4.79 Å². The van der Waals surface area contributed by atoms with E-state index in [9.17, 15) is 4.79 Å². The second kappa shape index (κ2) is 6.89. The van der Waals surface area contributed by atoms with Crippen LogP contribution in [0.5, 0.6) is 0 Å². The van der Waals surface area contributed by atoms with Gasteiger partial charge >= 0.3 is 0 Å². The van der Waals surface area contributed by atoms with Crippen LogP contribution in [0, 0.1) is 6.92 Å². The Bertz CT molecular complexity index is 501. The lowest BCUT2D eigenvalue weighted by Crippen LogP contribution is -2.55. The standard InChI is InChI=1S/C16H26N4O/c1-5-14-16(21)17-6-7-20(14)15-12(4)8-13(10-19-15)9-18-11(2)3/h8,10-11,14,18H,5-7,9H2,1-4H3,(H,17,21). The molecule has 116 valence electrons. The minimum atomic E-state index is -0.107. The Morgan fingerprint density at radius 2 is 2.29 bits per heavy atom. The van der Waals surface area contributed by atoms with Crippen LogP contribution >= 0.6 is 0 Å². The molecule has 1 fully saturated rings. The highest BCUT2D eigenvalue weighted by Crippen LogP contribution is 2.22. The largest absolute Gasteiger partial charge is 0.353 e. The van der Waals surface area contributed by atoms with Gasteiger partial charge in [0.2, 0.25) is 5.91 Å². The predicted molar refractivity (Wildman–Crippen MR) is 85.4 cm³/mol. The summed E-state index contributed by atoms with van der Waals surface area (Å²) in [4.78, 5) is 18.7. The smallest absolute Gasteiger partial charge is 0.242 e. The third kappa shape index (κ3) is 3.73. The number of nitrogens with zero attached hydrogens (tertiary/aromatic N) is 2. The van der Waals surface area contributed by atoms with E-state index in [0.29, 0.717) is 12.6 Å². The topological polar surface area (TPSA) is 57.3 Å². The molecule has 1 aromatic rings. The number of carbonyl (C=O) groups excluding carboxylic acids is 1. The maximum Gasteiger partial charge on any atom is 0.242 e. The van der Waals surface area contributed by atoms with Crippen LogP contribution in [0.4, 0.5) is 5.82 Å². The number of amides is 1. The average Bonchev–Trinajstić information content (AvgIpc) is 2.45. The van der Waals surface area contributed by atoms with Gasteiger partial charge in [-0.1, -0.05) is 20.8 Å². The van der Waals surface area contributed by atoms with E-state index in [1.54, 1.807) is 0 Å². The lowest BCUT2D eigenvalue weighted by atomic mass is 10.1. The van der Waals surface area contributed by atoms with Gasteiger partial charge in [-0.25, -0.2) is 4.98 Å². The van der Waals surface area contributed by atoms with E-state index in [4.69, 9.17) is 0 Å². The number of pyridine rings is 1. The van der Waals surface area contributed by atoms with E-state index in [2.05, 4.69) is 47.4 Å². The number of carbonyl (C=O) groups is 1. The molecule has 2 rings (SSSR count). The third-order valence-electron chi connectivity index (χ3n) is 3.81. The van der Waals surface area contributed by atoms with E-state index in [0.717, 1.165) is 30.9 Å². The molecule has 5 nitrogen and oxygen atoms in total. The average molecular weight is 290 g/mol. The quantitative estimate of drug-likeness (QED) is 0.865. The molecular weight excluding hydrogens is 264 g/mol. The molecule has 21 heavy (non-hydrogen) atoms. The lowest BCUT2D eigenvalue weighted by molar-refractivity contribution is -0.123. The van der Waals surface area contributed by atoms with Crippen LogP contribution in [-0.2, 0) is 11.3 Å². The molecule has 0 aromatic carbocycles. The first-order valence-electron chi connectivity index (χ1n) is 7.76. The van der Waals surface area contributed by atoms with Crippen LogP contribution in [0.3, 0.4) is 0 Å². The molecule has 1 atom stereocenters. The van der Waals surface area contributed by atoms with Crippen LogP contribution in [0.15, 0.2) is 12.3 Å². The number of rotatable bonds is 5. The van der Waals surface area contributed by atoms with Crippen molar-refractivity contribution in [3.8, 4) is 0 Å². The first-order chi connectivity index (χ1) is 10.0. The van der Waals surface area contributed by atoms with E-state index < -0.39 is 0 Å². The van der Waals surface area contributed by atoms with E-state index in [1.165, 1.54) is 5.56 Å². The van der Waals surface area contributed by atoms with E-state index in [-0.39, 0.29) is 11.9 Å². The molecule has 0 radical (unpaired) electrons. The van der Waals surface area contributed by atoms with Crippen molar-refractivity contribution in [2.24, 2.45) is 0 Å². The highest BCUT2D eigenvalue weighted by molar-refractivity contribution is 5.86.